The number of aliphatic carboxylic acids is 1. The quantitative estimate of drug-likeness (QED) is 0.917. The SMILES string of the molecule is CC(C)c1cc(N2CCCC(C(=O)O)C2)nc(-c2ccccc2F)n1. The molecular formula is C19H22FN3O2. The van der Waals surface area contributed by atoms with Gasteiger partial charge >= 0.3 is 5.97 Å². The minimum absolute atomic E-state index is 0.160. The molecule has 1 aromatic carbocycles. The van der Waals surface area contributed by atoms with E-state index in [0.29, 0.717) is 30.2 Å². The molecule has 3 rings (SSSR count). The van der Waals surface area contributed by atoms with Crippen LogP contribution in [-0.4, -0.2) is 34.1 Å². The van der Waals surface area contributed by atoms with Gasteiger partial charge in [0.05, 0.1) is 11.5 Å². The maximum absolute atomic E-state index is 14.2. The lowest BCUT2D eigenvalue weighted by molar-refractivity contribution is -0.141. The Kier molecular flexibility index (Phi) is 4.97. The molecule has 1 fully saturated rings. The van der Waals surface area contributed by atoms with Crippen molar-refractivity contribution in [1.82, 2.24) is 9.97 Å². The van der Waals surface area contributed by atoms with E-state index in [2.05, 4.69) is 9.97 Å². The molecule has 1 aromatic heterocycles. The third-order valence-corrected chi connectivity index (χ3v) is 4.53. The molecule has 0 bridgehead atoms. The van der Waals surface area contributed by atoms with E-state index in [-0.39, 0.29) is 11.7 Å². The number of anilines is 1. The molecule has 1 unspecified atom stereocenters. The molecule has 132 valence electrons. The number of halogens is 1. The maximum Gasteiger partial charge on any atom is 0.308 e. The van der Waals surface area contributed by atoms with Crippen molar-refractivity contribution in [2.24, 2.45) is 5.92 Å². The molecule has 0 saturated carbocycles. The van der Waals surface area contributed by atoms with E-state index in [1.807, 2.05) is 24.8 Å². The van der Waals surface area contributed by atoms with Crippen LogP contribution in [0.4, 0.5) is 10.2 Å². The average Bonchev–Trinajstić information content (AvgIpc) is 2.61. The van der Waals surface area contributed by atoms with Crippen molar-refractivity contribution in [2.75, 3.05) is 18.0 Å². The number of carbonyl (C=O) groups is 1. The Morgan fingerprint density at radius 3 is 2.76 bits per heavy atom. The highest BCUT2D eigenvalue weighted by atomic mass is 19.1. The number of nitrogens with zero attached hydrogens (tertiary/aromatic N) is 3. The number of rotatable bonds is 4. The molecule has 2 aromatic rings. The van der Waals surface area contributed by atoms with Gasteiger partial charge in [0.15, 0.2) is 5.82 Å². The Morgan fingerprint density at radius 1 is 1.32 bits per heavy atom. The van der Waals surface area contributed by atoms with Crippen LogP contribution in [0.25, 0.3) is 11.4 Å². The Hall–Kier alpha value is -2.50. The number of carboxylic acid groups (broad SMARTS) is 1. The van der Waals surface area contributed by atoms with Crippen molar-refractivity contribution in [2.45, 2.75) is 32.6 Å². The Morgan fingerprint density at radius 2 is 2.08 bits per heavy atom. The summed E-state index contributed by atoms with van der Waals surface area (Å²) in [4.78, 5) is 22.4. The molecule has 6 heteroatoms. The Labute approximate surface area is 146 Å². The maximum atomic E-state index is 14.2. The molecule has 1 aliphatic rings. The summed E-state index contributed by atoms with van der Waals surface area (Å²) in [6, 6.07) is 8.33. The number of hydrogen-bond donors (Lipinski definition) is 1. The van der Waals surface area contributed by atoms with Gasteiger partial charge in [-0.2, -0.15) is 0 Å². The second kappa shape index (κ2) is 7.17. The largest absolute Gasteiger partial charge is 0.481 e. The highest BCUT2D eigenvalue weighted by molar-refractivity contribution is 5.71. The summed E-state index contributed by atoms with van der Waals surface area (Å²) in [6.45, 7) is 5.20. The molecule has 0 spiro atoms. The molecule has 5 nitrogen and oxygen atoms in total. The third kappa shape index (κ3) is 3.78. The van der Waals surface area contributed by atoms with Crippen LogP contribution in [0.15, 0.2) is 30.3 Å². The lowest BCUT2D eigenvalue weighted by atomic mass is 9.98. The van der Waals surface area contributed by atoms with Gasteiger partial charge in [0.1, 0.15) is 11.6 Å². The summed E-state index contributed by atoms with van der Waals surface area (Å²) in [5.74, 6) is -0.372. The minimum Gasteiger partial charge on any atom is -0.481 e. The van der Waals surface area contributed by atoms with Gasteiger partial charge in [-0.15, -0.1) is 0 Å². The first kappa shape index (κ1) is 17.3. The molecule has 1 aliphatic heterocycles. The molecule has 0 amide bonds. The second-order valence-corrected chi connectivity index (χ2v) is 6.73. The second-order valence-electron chi connectivity index (χ2n) is 6.73. The highest BCUT2D eigenvalue weighted by Crippen LogP contribution is 2.28. The highest BCUT2D eigenvalue weighted by Gasteiger charge is 2.27. The zero-order valence-electron chi connectivity index (χ0n) is 14.4. The van der Waals surface area contributed by atoms with Gasteiger partial charge in [-0.25, -0.2) is 14.4 Å². The fraction of sp³-hybridized carbons (Fsp3) is 0.421. The van der Waals surface area contributed by atoms with Crippen LogP contribution in [-0.2, 0) is 4.79 Å². The summed E-state index contributed by atoms with van der Waals surface area (Å²) in [6.07, 6.45) is 1.47. The lowest BCUT2D eigenvalue weighted by Crippen LogP contribution is -2.39. The standard InChI is InChI=1S/C19H22FN3O2/c1-12(2)16-10-17(23-9-5-6-13(11-23)19(24)25)22-18(21-16)14-7-3-4-8-15(14)20/h3-4,7-8,10,12-13H,5-6,9,11H2,1-2H3,(H,24,25). The zero-order chi connectivity index (χ0) is 18.0. The fourth-order valence-corrected chi connectivity index (χ4v) is 3.06. The van der Waals surface area contributed by atoms with Gasteiger partial charge in [0, 0.05) is 24.8 Å². The molecule has 1 atom stereocenters. The van der Waals surface area contributed by atoms with Crippen LogP contribution in [0.3, 0.4) is 0 Å². The van der Waals surface area contributed by atoms with Crippen LogP contribution in [0.2, 0.25) is 0 Å². The van der Waals surface area contributed by atoms with Crippen LogP contribution in [0.1, 0.15) is 38.3 Å². The first-order valence-electron chi connectivity index (χ1n) is 8.57. The minimum atomic E-state index is -0.780. The van der Waals surface area contributed by atoms with Gasteiger partial charge < -0.3 is 10.0 Å². The molecule has 1 saturated heterocycles. The van der Waals surface area contributed by atoms with Crippen molar-refractivity contribution < 1.29 is 14.3 Å². The van der Waals surface area contributed by atoms with Crippen molar-refractivity contribution in [3.63, 3.8) is 0 Å². The van der Waals surface area contributed by atoms with E-state index < -0.39 is 11.9 Å². The van der Waals surface area contributed by atoms with Crippen molar-refractivity contribution >= 4 is 11.8 Å². The summed E-state index contributed by atoms with van der Waals surface area (Å²) >= 11 is 0. The van der Waals surface area contributed by atoms with Crippen molar-refractivity contribution in [3.8, 4) is 11.4 Å². The third-order valence-electron chi connectivity index (χ3n) is 4.53. The number of carboxylic acids is 1. The summed E-state index contributed by atoms with van der Waals surface area (Å²) in [5, 5.41) is 9.31. The summed E-state index contributed by atoms with van der Waals surface area (Å²) in [5.41, 5.74) is 1.18. The number of aromatic nitrogens is 2. The Bertz CT molecular complexity index is 779. The average molecular weight is 343 g/mol. The van der Waals surface area contributed by atoms with Crippen molar-refractivity contribution in [1.29, 1.82) is 0 Å². The van der Waals surface area contributed by atoms with Gasteiger partial charge in [0.25, 0.3) is 0 Å². The molecule has 2 heterocycles. The van der Waals surface area contributed by atoms with E-state index in [1.54, 1.807) is 18.2 Å². The van der Waals surface area contributed by atoms with Crippen LogP contribution < -0.4 is 4.90 Å². The van der Waals surface area contributed by atoms with E-state index in [4.69, 9.17) is 0 Å². The van der Waals surface area contributed by atoms with E-state index in [0.717, 1.165) is 18.7 Å². The number of benzene rings is 1. The van der Waals surface area contributed by atoms with Crippen LogP contribution in [0.5, 0.6) is 0 Å². The molecule has 0 radical (unpaired) electrons. The normalized spacial score (nSPS) is 17.8. The fourth-order valence-electron chi connectivity index (χ4n) is 3.06. The first-order valence-corrected chi connectivity index (χ1v) is 8.57. The number of piperidine rings is 1. The Balaban J connectivity index is 2.02. The first-order chi connectivity index (χ1) is 12.0. The predicted octanol–water partition coefficient (Wildman–Crippen LogP) is 3.71. The van der Waals surface area contributed by atoms with Gasteiger partial charge in [0.2, 0.25) is 0 Å². The van der Waals surface area contributed by atoms with E-state index in [1.165, 1.54) is 6.07 Å². The predicted molar refractivity (Wildman–Crippen MR) is 94.1 cm³/mol. The van der Waals surface area contributed by atoms with E-state index in [9.17, 15) is 14.3 Å². The topological polar surface area (TPSA) is 66.3 Å². The lowest BCUT2D eigenvalue weighted by Gasteiger charge is -2.32. The van der Waals surface area contributed by atoms with Gasteiger partial charge in [-0.1, -0.05) is 26.0 Å². The monoisotopic (exact) mass is 343 g/mol. The summed E-state index contributed by atoms with van der Waals surface area (Å²) in [7, 11) is 0. The molecular weight excluding hydrogens is 321 g/mol. The molecule has 0 aliphatic carbocycles. The summed E-state index contributed by atoms with van der Waals surface area (Å²) < 4.78 is 14.2. The van der Waals surface area contributed by atoms with Gasteiger partial charge in [-0.05, 0) is 30.9 Å². The van der Waals surface area contributed by atoms with Gasteiger partial charge in [-0.3, -0.25) is 4.79 Å². The molecule has 1 N–H and O–H groups in total. The van der Waals surface area contributed by atoms with Crippen LogP contribution in [0, 0.1) is 11.7 Å². The van der Waals surface area contributed by atoms with Crippen molar-refractivity contribution in [3.05, 3.63) is 41.8 Å². The zero-order valence-corrected chi connectivity index (χ0v) is 14.4. The number of hydrogen-bond acceptors (Lipinski definition) is 4. The smallest absolute Gasteiger partial charge is 0.308 e. The van der Waals surface area contributed by atoms with Crippen LogP contribution >= 0.6 is 0 Å². The van der Waals surface area contributed by atoms with E-state index >= 15 is 0 Å². The molecule has 25 heavy (non-hydrogen) atoms.